The zero-order chi connectivity index (χ0) is 22.6. The number of rotatable bonds is 3. The SMILES string of the molecule is CC1C(=O)NN=C2COc3ccc(NC4(C(C)C)CN(C(=O)OC(C)(C)C)C4)cc3N21. The third kappa shape index (κ3) is 3.88. The van der Waals surface area contributed by atoms with Gasteiger partial charge in [-0.1, -0.05) is 13.8 Å². The molecule has 0 bridgehead atoms. The number of benzene rings is 1. The number of carbonyl (C=O) groups excluding carboxylic acids is 2. The van der Waals surface area contributed by atoms with Crippen LogP contribution >= 0.6 is 0 Å². The highest BCUT2D eigenvalue weighted by Gasteiger charge is 2.49. The monoisotopic (exact) mass is 429 g/mol. The molecule has 1 atom stereocenters. The number of anilines is 2. The molecule has 2 N–H and O–H groups in total. The van der Waals surface area contributed by atoms with Gasteiger partial charge in [0, 0.05) is 18.8 Å². The van der Waals surface area contributed by atoms with Gasteiger partial charge in [-0.15, -0.1) is 0 Å². The van der Waals surface area contributed by atoms with E-state index < -0.39 is 5.60 Å². The Labute approximate surface area is 182 Å². The molecular weight excluding hydrogens is 398 g/mol. The summed E-state index contributed by atoms with van der Waals surface area (Å²) in [7, 11) is 0. The highest BCUT2D eigenvalue weighted by Crippen LogP contribution is 2.39. The summed E-state index contributed by atoms with van der Waals surface area (Å²) >= 11 is 0. The third-order valence-corrected chi connectivity index (χ3v) is 6.01. The zero-order valence-electron chi connectivity index (χ0n) is 19.0. The molecule has 0 aromatic heterocycles. The van der Waals surface area contributed by atoms with Crippen molar-refractivity contribution in [3.63, 3.8) is 0 Å². The first kappa shape index (κ1) is 21.3. The molecule has 1 unspecified atom stereocenters. The van der Waals surface area contributed by atoms with Crippen LogP contribution in [0.4, 0.5) is 16.2 Å². The molecule has 168 valence electrons. The van der Waals surface area contributed by atoms with Gasteiger partial charge < -0.3 is 24.6 Å². The number of hydrazone groups is 1. The van der Waals surface area contributed by atoms with E-state index in [-0.39, 0.29) is 29.5 Å². The maximum absolute atomic E-state index is 12.4. The maximum Gasteiger partial charge on any atom is 0.410 e. The summed E-state index contributed by atoms with van der Waals surface area (Å²) in [5, 5.41) is 7.78. The predicted molar refractivity (Wildman–Crippen MR) is 118 cm³/mol. The van der Waals surface area contributed by atoms with Crippen LogP contribution in [0.25, 0.3) is 0 Å². The summed E-state index contributed by atoms with van der Waals surface area (Å²) < 4.78 is 11.3. The first-order valence-electron chi connectivity index (χ1n) is 10.7. The molecule has 1 fully saturated rings. The molecular formula is C22H31N5O4. The van der Waals surface area contributed by atoms with E-state index in [1.54, 1.807) is 4.90 Å². The van der Waals surface area contributed by atoms with Crippen LogP contribution < -0.4 is 20.4 Å². The molecule has 1 aromatic carbocycles. The second-order valence-corrected chi connectivity index (χ2v) is 9.79. The van der Waals surface area contributed by atoms with Crippen molar-refractivity contribution in [2.45, 2.75) is 58.7 Å². The number of nitrogens with zero attached hydrogens (tertiary/aromatic N) is 3. The van der Waals surface area contributed by atoms with Crippen molar-refractivity contribution in [2.24, 2.45) is 11.0 Å². The number of hydrogen-bond donors (Lipinski definition) is 2. The Balaban J connectivity index is 1.54. The number of likely N-dealkylation sites (tertiary alicyclic amines) is 1. The quantitative estimate of drug-likeness (QED) is 0.767. The molecule has 0 spiro atoms. The fourth-order valence-electron chi connectivity index (χ4n) is 4.07. The van der Waals surface area contributed by atoms with Crippen molar-refractivity contribution in [1.29, 1.82) is 0 Å². The number of nitrogens with one attached hydrogen (secondary N) is 2. The van der Waals surface area contributed by atoms with Crippen LogP contribution in [0.5, 0.6) is 5.75 Å². The topological polar surface area (TPSA) is 95.5 Å². The first-order valence-corrected chi connectivity index (χ1v) is 10.7. The molecule has 3 aliphatic heterocycles. The van der Waals surface area contributed by atoms with Crippen LogP contribution in [0.1, 0.15) is 41.5 Å². The van der Waals surface area contributed by atoms with E-state index in [9.17, 15) is 9.59 Å². The molecule has 9 nitrogen and oxygen atoms in total. The Hall–Kier alpha value is -2.97. The lowest BCUT2D eigenvalue weighted by Crippen LogP contribution is -2.70. The van der Waals surface area contributed by atoms with Crippen molar-refractivity contribution in [2.75, 3.05) is 29.9 Å². The van der Waals surface area contributed by atoms with Gasteiger partial charge in [-0.05, 0) is 51.8 Å². The molecule has 1 aromatic rings. The molecule has 4 rings (SSSR count). The van der Waals surface area contributed by atoms with Gasteiger partial charge in [0.1, 0.15) is 24.0 Å². The molecule has 3 heterocycles. The minimum Gasteiger partial charge on any atom is -0.483 e. The number of carbonyl (C=O) groups is 2. The van der Waals surface area contributed by atoms with Gasteiger partial charge in [-0.25, -0.2) is 10.2 Å². The average molecular weight is 430 g/mol. The second-order valence-electron chi connectivity index (χ2n) is 9.79. The summed E-state index contributed by atoms with van der Waals surface area (Å²) in [6.07, 6.45) is -0.293. The normalized spacial score (nSPS) is 21.8. The van der Waals surface area contributed by atoms with E-state index in [2.05, 4.69) is 29.7 Å². The van der Waals surface area contributed by atoms with Crippen LogP contribution in [0.15, 0.2) is 23.3 Å². The molecule has 2 amide bonds. The summed E-state index contributed by atoms with van der Waals surface area (Å²) in [6, 6.07) is 5.48. The van der Waals surface area contributed by atoms with Crippen LogP contribution in [0.2, 0.25) is 0 Å². The molecule has 0 aliphatic carbocycles. The summed E-state index contributed by atoms with van der Waals surface area (Å²) in [5.41, 5.74) is 3.47. The second kappa shape index (κ2) is 7.32. The van der Waals surface area contributed by atoms with Gasteiger partial charge in [0.2, 0.25) is 0 Å². The van der Waals surface area contributed by atoms with Crippen LogP contribution in [-0.2, 0) is 9.53 Å². The zero-order valence-corrected chi connectivity index (χ0v) is 19.0. The van der Waals surface area contributed by atoms with E-state index in [0.717, 1.165) is 11.4 Å². The number of amidine groups is 1. The maximum atomic E-state index is 12.4. The van der Waals surface area contributed by atoms with E-state index in [4.69, 9.17) is 9.47 Å². The van der Waals surface area contributed by atoms with Gasteiger partial charge >= 0.3 is 6.09 Å². The summed E-state index contributed by atoms with van der Waals surface area (Å²) in [4.78, 5) is 28.2. The molecule has 31 heavy (non-hydrogen) atoms. The minimum absolute atomic E-state index is 0.152. The summed E-state index contributed by atoms with van der Waals surface area (Å²) in [5.74, 6) is 1.53. The van der Waals surface area contributed by atoms with E-state index in [1.807, 2.05) is 50.8 Å². The molecule has 0 saturated carbocycles. The molecule has 9 heteroatoms. The highest BCUT2D eigenvalue weighted by molar-refractivity contribution is 6.09. The van der Waals surface area contributed by atoms with Gasteiger partial charge in [0.25, 0.3) is 5.91 Å². The Morgan fingerprint density at radius 1 is 1.35 bits per heavy atom. The van der Waals surface area contributed by atoms with Gasteiger partial charge in [0.15, 0.2) is 5.84 Å². The molecule has 0 radical (unpaired) electrons. The Kier molecular flexibility index (Phi) is 5.02. The number of ether oxygens (including phenoxy) is 2. The standard InChI is InChI=1S/C22H31N5O4/c1-13(2)22(11-26(12-22)20(29)31-21(4,5)6)23-15-7-8-17-16(9-15)27-14(3)19(28)25-24-18(27)10-30-17/h7-9,13-14,23H,10-12H2,1-6H3,(H,25,28). The van der Waals surface area contributed by atoms with Crippen molar-refractivity contribution < 1.29 is 19.1 Å². The van der Waals surface area contributed by atoms with Gasteiger partial charge in [0.05, 0.1) is 11.2 Å². The van der Waals surface area contributed by atoms with Gasteiger partial charge in [-0.3, -0.25) is 4.79 Å². The average Bonchev–Trinajstić information content (AvgIpc) is 2.65. The van der Waals surface area contributed by atoms with Crippen LogP contribution in [0, 0.1) is 5.92 Å². The lowest BCUT2D eigenvalue weighted by Gasteiger charge is -2.53. The number of hydrogen-bond acceptors (Lipinski definition) is 7. The van der Waals surface area contributed by atoms with E-state index in [0.29, 0.717) is 31.3 Å². The Morgan fingerprint density at radius 2 is 2.06 bits per heavy atom. The molecule has 1 saturated heterocycles. The highest BCUT2D eigenvalue weighted by atomic mass is 16.6. The Morgan fingerprint density at radius 3 is 2.71 bits per heavy atom. The summed E-state index contributed by atoms with van der Waals surface area (Å²) in [6.45, 7) is 13.2. The van der Waals surface area contributed by atoms with Crippen molar-refractivity contribution in [1.82, 2.24) is 10.3 Å². The lowest BCUT2D eigenvalue weighted by atomic mass is 9.79. The minimum atomic E-state index is -0.518. The largest absolute Gasteiger partial charge is 0.483 e. The number of fused-ring (bicyclic) bond motifs is 3. The van der Waals surface area contributed by atoms with Crippen LogP contribution in [0.3, 0.4) is 0 Å². The third-order valence-electron chi connectivity index (χ3n) is 6.01. The van der Waals surface area contributed by atoms with E-state index >= 15 is 0 Å². The van der Waals surface area contributed by atoms with Crippen molar-refractivity contribution >= 4 is 29.2 Å². The van der Waals surface area contributed by atoms with E-state index in [1.165, 1.54) is 0 Å². The smallest absolute Gasteiger partial charge is 0.410 e. The molecule has 3 aliphatic rings. The van der Waals surface area contributed by atoms with Gasteiger partial charge in [-0.2, -0.15) is 5.10 Å². The number of amides is 2. The van der Waals surface area contributed by atoms with Crippen molar-refractivity contribution in [3.05, 3.63) is 18.2 Å². The fraction of sp³-hybridized carbons (Fsp3) is 0.591. The predicted octanol–water partition coefficient (Wildman–Crippen LogP) is 2.77. The fourth-order valence-corrected chi connectivity index (χ4v) is 4.07. The lowest BCUT2D eigenvalue weighted by molar-refractivity contribution is -0.122. The Bertz CT molecular complexity index is 930. The van der Waals surface area contributed by atoms with Crippen molar-refractivity contribution in [3.8, 4) is 5.75 Å². The van der Waals surface area contributed by atoms with Crippen LogP contribution in [-0.4, -0.2) is 59.6 Å². The first-order chi connectivity index (χ1) is 14.5.